The van der Waals surface area contributed by atoms with Crippen LogP contribution < -0.4 is 10.4 Å². The smallest absolute Gasteiger partial charge is 0.336 e. The first-order valence-electron chi connectivity index (χ1n) is 6.70. The number of rotatable bonds is 5. The molecule has 21 heavy (non-hydrogen) atoms. The fourth-order valence-electron chi connectivity index (χ4n) is 2.09. The minimum Gasteiger partial charge on any atom is -0.497 e. The molecule has 2 unspecified atom stereocenters. The van der Waals surface area contributed by atoms with E-state index in [1.54, 1.807) is 19.2 Å². The second kappa shape index (κ2) is 6.60. The Bertz CT molecular complexity index is 718. The number of hydrogen-bond acceptors (Lipinski definition) is 4. The van der Waals surface area contributed by atoms with Crippen LogP contribution >= 0.6 is 22.6 Å². The van der Waals surface area contributed by atoms with Crippen molar-refractivity contribution in [3.63, 3.8) is 0 Å². The van der Waals surface area contributed by atoms with Crippen LogP contribution in [0.15, 0.2) is 33.5 Å². The summed E-state index contributed by atoms with van der Waals surface area (Å²) in [5, 5.41) is 0.775. The predicted octanol–water partition coefficient (Wildman–Crippen LogP) is 3.37. The van der Waals surface area contributed by atoms with Crippen molar-refractivity contribution in [2.75, 3.05) is 7.11 Å². The molecule has 1 aromatic carbocycles. The highest BCUT2D eigenvalue weighted by atomic mass is 127. The summed E-state index contributed by atoms with van der Waals surface area (Å²) in [6.07, 6.45) is 0.239. The molecule has 2 rings (SSSR count). The minimum atomic E-state index is -0.450. The molecule has 0 aliphatic carbocycles. The third-order valence-corrected chi connectivity index (χ3v) is 4.68. The van der Waals surface area contributed by atoms with E-state index < -0.39 is 5.63 Å². The topological polar surface area (TPSA) is 56.5 Å². The Hall–Kier alpha value is -1.37. The lowest BCUT2D eigenvalue weighted by Crippen LogP contribution is -2.21. The van der Waals surface area contributed by atoms with Gasteiger partial charge in [0.25, 0.3) is 0 Å². The van der Waals surface area contributed by atoms with E-state index in [-0.39, 0.29) is 22.0 Å². The van der Waals surface area contributed by atoms with Gasteiger partial charge in [0.15, 0.2) is 0 Å². The molecule has 0 N–H and O–H groups in total. The number of fused-ring (bicyclic) bond motifs is 1. The van der Waals surface area contributed by atoms with Crippen LogP contribution in [0.4, 0.5) is 0 Å². The van der Waals surface area contributed by atoms with Gasteiger partial charge >= 0.3 is 5.63 Å². The number of hydrogen-bond donors (Lipinski definition) is 0. The Morgan fingerprint density at radius 3 is 2.67 bits per heavy atom. The number of ketones is 1. The number of Topliss-reactive ketones (excluding diaryl/α,β-unsaturated/α-hetero) is 1. The largest absolute Gasteiger partial charge is 0.497 e. The predicted molar refractivity (Wildman–Crippen MR) is 90.4 cm³/mol. The van der Waals surface area contributed by atoms with Crippen molar-refractivity contribution in [2.45, 2.75) is 24.2 Å². The molecule has 0 spiro atoms. The van der Waals surface area contributed by atoms with E-state index >= 15 is 0 Å². The fourth-order valence-corrected chi connectivity index (χ4v) is 2.49. The molecule has 0 bridgehead atoms. The maximum Gasteiger partial charge on any atom is 0.336 e. The van der Waals surface area contributed by atoms with Gasteiger partial charge in [0, 0.05) is 33.8 Å². The number of ether oxygens (including phenoxy) is 1. The molecule has 0 radical (unpaired) electrons. The number of carbonyl (C=O) groups excluding carboxylic acids is 1. The molecule has 2 atom stereocenters. The summed E-state index contributed by atoms with van der Waals surface area (Å²) in [5.41, 5.74) is 0.700. The Kier molecular flexibility index (Phi) is 5.03. The van der Waals surface area contributed by atoms with Crippen LogP contribution in [0, 0.1) is 5.92 Å². The van der Waals surface area contributed by atoms with Gasteiger partial charge in [-0.3, -0.25) is 4.79 Å². The van der Waals surface area contributed by atoms with Gasteiger partial charge in [0.1, 0.15) is 17.1 Å². The average Bonchev–Trinajstić information content (AvgIpc) is 2.45. The van der Waals surface area contributed by atoms with Crippen LogP contribution in [0.3, 0.4) is 0 Å². The van der Waals surface area contributed by atoms with E-state index in [1.165, 1.54) is 6.07 Å². The summed E-state index contributed by atoms with van der Waals surface area (Å²) in [6, 6.07) is 6.67. The second-order valence-corrected chi connectivity index (χ2v) is 7.03. The molecular formula is C16H17IO4. The SMILES string of the molecule is COc1ccc2c(CC(=O)C(C)C(C)I)cc(=O)oc2c1. The third-order valence-electron chi connectivity index (χ3n) is 3.60. The number of alkyl halides is 1. The maximum atomic E-state index is 12.3. The lowest BCUT2D eigenvalue weighted by atomic mass is 9.96. The number of halogens is 1. The Morgan fingerprint density at radius 1 is 1.33 bits per heavy atom. The van der Waals surface area contributed by atoms with Crippen LogP contribution in [-0.2, 0) is 11.2 Å². The van der Waals surface area contributed by atoms with Gasteiger partial charge in [0.2, 0.25) is 0 Å². The Labute approximate surface area is 136 Å². The second-order valence-electron chi connectivity index (χ2n) is 5.06. The summed E-state index contributed by atoms with van der Waals surface area (Å²) in [4.78, 5) is 23.9. The zero-order chi connectivity index (χ0) is 15.6. The Balaban J connectivity index is 2.44. The highest BCUT2D eigenvalue weighted by Crippen LogP contribution is 2.24. The molecule has 112 valence electrons. The molecule has 0 saturated carbocycles. The maximum absolute atomic E-state index is 12.3. The van der Waals surface area contributed by atoms with Crippen molar-refractivity contribution in [1.82, 2.24) is 0 Å². The number of methoxy groups -OCH3 is 1. The van der Waals surface area contributed by atoms with Crippen LogP contribution in [-0.4, -0.2) is 16.8 Å². The fraction of sp³-hybridized carbons (Fsp3) is 0.375. The van der Waals surface area contributed by atoms with Crippen LogP contribution in [0.25, 0.3) is 11.0 Å². The van der Waals surface area contributed by atoms with Gasteiger partial charge in [0.05, 0.1) is 7.11 Å². The summed E-state index contributed by atoms with van der Waals surface area (Å²) < 4.78 is 10.6. The zero-order valence-corrected chi connectivity index (χ0v) is 14.3. The molecule has 5 heteroatoms. The zero-order valence-electron chi connectivity index (χ0n) is 12.2. The summed E-state index contributed by atoms with van der Waals surface area (Å²) >= 11 is 2.24. The summed E-state index contributed by atoms with van der Waals surface area (Å²) in [5.74, 6) is 0.689. The Morgan fingerprint density at radius 2 is 2.05 bits per heavy atom. The third kappa shape index (κ3) is 3.64. The monoisotopic (exact) mass is 400 g/mol. The van der Waals surface area contributed by atoms with E-state index in [9.17, 15) is 9.59 Å². The van der Waals surface area contributed by atoms with E-state index in [0.29, 0.717) is 16.9 Å². The van der Waals surface area contributed by atoms with Gasteiger partial charge in [-0.25, -0.2) is 4.79 Å². The van der Waals surface area contributed by atoms with E-state index in [2.05, 4.69) is 22.6 Å². The molecular weight excluding hydrogens is 383 g/mol. The molecule has 2 aromatic rings. The van der Waals surface area contributed by atoms with E-state index in [0.717, 1.165) is 5.39 Å². The first-order valence-corrected chi connectivity index (χ1v) is 7.94. The molecule has 0 saturated heterocycles. The van der Waals surface area contributed by atoms with Crippen molar-refractivity contribution in [1.29, 1.82) is 0 Å². The highest BCUT2D eigenvalue weighted by molar-refractivity contribution is 14.1. The molecule has 0 fully saturated rings. The van der Waals surface area contributed by atoms with Crippen molar-refractivity contribution in [3.8, 4) is 5.75 Å². The quantitative estimate of drug-likeness (QED) is 0.439. The highest BCUT2D eigenvalue weighted by Gasteiger charge is 2.19. The lowest BCUT2D eigenvalue weighted by molar-refractivity contribution is -0.121. The van der Waals surface area contributed by atoms with Crippen molar-refractivity contribution in [3.05, 3.63) is 40.2 Å². The van der Waals surface area contributed by atoms with Crippen LogP contribution in [0.5, 0.6) is 5.75 Å². The standard InChI is InChI=1S/C16H17IO4/c1-9(10(2)17)14(18)6-11-7-16(19)21-15-8-12(20-3)4-5-13(11)15/h4-5,7-10H,6H2,1-3H3. The average molecular weight is 400 g/mol. The first-order chi connectivity index (χ1) is 9.92. The number of carbonyl (C=O) groups is 1. The van der Waals surface area contributed by atoms with E-state index in [4.69, 9.17) is 9.15 Å². The van der Waals surface area contributed by atoms with Gasteiger partial charge in [-0.05, 0) is 17.7 Å². The van der Waals surface area contributed by atoms with Crippen molar-refractivity contribution in [2.24, 2.45) is 5.92 Å². The molecule has 0 aliphatic heterocycles. The molecule has 4 nitrogen and oxygen atoms in total. The molecule has 0 aliphatic rings. The lowest BCUT2D eigenvalue weighted by Gasteiger charge is -2.13. The van der Waals surface area contributed by atoms with Gasteiger partial charge in [-0.15, -0.1) is 0 Å². The normalized spacial score (nSPS) is 13.9. The molecule has 1 heterocycles. The van der Waals surface area contributed by atoms with Gasteiger partial charge in [-0.1, -0.05) is 36.4 Å². The molecule has 1 aromatic heterocycles. The number of benzene rings is 1. The van der Waals surface area contributed by atoms with Crippen LogP contribution in [0.2, 0.25) is 0 Å². The van der Waals surface area contributed by atoms with Gasteiger partial charge < -0.3 is 9.15 Å². The van der Waals surface area contributed by atoms with Crippen LogP contribution in [0.1, 0.15) is 19.4 Å². The van der Waals surface area contributed by atoms with Crippen molar-refractivity contribution < 1.29 is 13.9 Å². The first kappa shape index (κ1) is 16.0. The van der Waals surface area contributed by atoms with Crippen molar-refractivity contribution >= 4 is 39.3 Å². The minimum absolute atomic E-state index is 0.0499. The van der Waals surface area contributed by atoms with Gasteiger partial charge in [-0.2, -0.15) is 0 Å². The summed E-state index contributed by atoms with van der Waals surface area (Å²) in [6.45, 7) is 3.92. The summed E-state index contributed by atoms with van der Waals surface area (Å²) in [7, 11) is 1.55. The van der Waals surface area contributed by atoms with E-state index in [1.807, 2.05) is 19.9 Å². The molecule has 0 amide bonds.